The smallest absolute Gasteiger partial charge is 0.165 e. The molecule has 0 atom stereocenters. The van der Waals surface area contributed by atoms with E-state index in [4.69, 9.17) is 16.4 Å². The van der Waals surface area contributed by atoms with Crippen molar-refractivity contribution in [3.63, 3.8) is 0 Å². The van der Waals surface area contributed by atoms with Gasteiger partial charge in [-0.25, -0.2) is 15.4 Å². The van der Waals surface area contributed by atoms with E-state index in [1.807, 2.05) is 19.1 Å². The average Bonchev–Trinajstić information content (AvgIpc) is 2.52. The van der Waals surface area contributed by atoms with Crippen molar-refractivity contribution in [3.8, 4) is 17.1 Å². The lowest BCUT2D eigenvalue weighted by atomic mass is 10.1. The number of phenolic OH excluding ortho intramolecular Hbond substituents is 1. The molecule has 0 bridgehead atoms. The summed E-state index contributed by atoms with van der Waals surface area (Å²) >= 11 is 6.04. The van der Waals surface area contributed by atoms with Crippen LogP contribution in [0.2, 0.25) is 5.02 Å². The highest BCUT2D eigenvalue weighted by Crippen LogP contribution is 2.30. The first-order valence-corrected chi connectivity index (χ1v) is 7.20. The number of hydrogen-bond donors (Lipinski definition) is 2. The summed E-state index contributed by atoms with van der Waals surface area (Å²) in [6.45, 7) is 2.36. The van der Waals surface area contributed by atoms with Crippen molar-refractivity contribution in [1.82, 2.24) is 9.97 Å². The highest BCUT2D eigenvalue weighted by Gasteiger charge is 2.12. The van der Waals surface area contributed by atoms with E-state index in [-0.39, 0.29) is 5.75 Å². The van der Waals surface area contributed by atoms with Crippen LogP contribution in [-0.4, -0.2) is 21.7 Å². The number of nitrogens with zero attached hydrogens (tertiary/aromatic N) is 2. The number of phenols is 1. The van der Waals surface area contributed by atoms with Crippen molar-refractivity contribution < 1.29 is 9.94 Å². The number of benzene rings is 2. The molecular formula is C16H14ClN3O2. The molecule has 0 aliphatic rings. The first kappa shape index (κ1) is 14.6. The van der Waals surface area contributed by atoms with Crippen LogP contribution >= 0.6 is 11.6 Å². The van der Waals surface area contributed by atoms with E-state index in [9.17, 15) is 5.11 Å². The van der Waals surface area contributed by atoms with Gasteiger partial charge >= 0.3 is 0 Å². The van der Waals surface area contributed by atoms with Gasteiger partial charge in [0.2, 0.25) is 0 Å². The Morgan fingerprint density at radius 2 is 2.00 bits per heavy atom. The molecule has 6 heteroatoms. The maximum atomic E-state index is 10.00. The van der Waals surface area contributed by atoms with Crippen LogP contribution in [0.1, 0.15) is 6.92 Å². The molecule has 1 aromatic heterocycles. The Bertz CT molecular complexity index is 824. The topological polar surface area (TPSA) is 67.3 Å². The molecule has 2 aromatic carbocycles. The number of para-hydroxylation sites is 1. The van der Waals surface area contributed by atoms with E-state index in [0.29, 0.717) is 34.4 Å². The Hall–Kier alpha value is -2.37. The minimum Gasteiger partial charge on any atom is -0.507 e. The van der Waals surface area contributed by atoms with Gasteiger partial charge in [-0.05, 0) is 37.3 Å². The molecule has 2 N–H and O–H groups in total. The van der Waals surface area contributed by atoms with Crippen molar-refractivity contribution in [3.05, 3.63) is 47.5 Å². The van der Waals surface area contributed by atoms with E-state index in [1.54, 1.807) is 30.3 Å². The van der Waals surface area contributed by atoms with Crippen LogP contribution in [0.25, 0.3) is 22.3 Å². The Kier molecular flexibility index (Phi) is 4.09. The normalized spacial score (nSPS) is 10.8. The predicted octanol–water partition coefficient (Wildman–Crippen LogP) is 4.02. The van der Waals surface area contributed by atoms with E-state index in [0.717, 1.165) is 5.39 Å². The maximum Gasteiger partial charge on any atom is 0.165 e. The van der Waals surface area contributed by atoms with Gasteiger partial charge in [-0.2, -0.15) is 0 Å². The minimum atomic E-state index is 0.117. The van der Waals surface area contributed by atoms with Gasteiger partial charge in [0, 0.05) is 10.4 Å². The Labute approximate surface area is 132 Å². The molecule has 0 fully saturated rings. The fourth-order valence-corrected chi connectivity index (χ4v) is 2.27. The van der Waals surface area contributed by atoms with Crippen molar-refractivity contribution in [2.75, 3.05) is 12.1 Å². The molecule has 0 aliphatic carbocycles. The second kappa shape index (κ2) is 6.17. The van der Waals surface area contributed by atoms with Gasteiger partial charge in [0.15, 0.2) is 11.6 Å². The summed E-state index contributed by atoms with van der Waals surface area (Å²) in [7, 11) is 0. The molecular weight excluding hydrogens is 302 g/mol. The molecule has 0 saturated carbocycles. The summed E-state index contributed by atoms with van der Waals surface area (Å²) in [5, 5.41) is 11.4. The predicted molar refractivity (Wildman–Crippen MR) is 86.9 cm³/mol. The number of rotatable bonds is 4. The Balaban J connectivity index is 2.21. The molecule has 0 spiro atoms. The molecule has 5 nitrogen and oxygen atoms in total. The molecule has 1 heterocycles. The summed E-state index contributed by atoms with van der Waals surface area (Å²) in [5.74, 6) is 1.04. The first-order valence-electron chi connectivity index (χ1n) is 6.82. The molecule has 0 saturated heterocycles. The number of aromatic hydroxyl groups is 1. The number of nitrogens with one attached hydrogen (secondary N) is 1. The summed E-state index contributed by atoms with van der Waals surface area (Å²) < 4.78 is 0. The monoisotopic (exact) mass is 315 g/mol. The van der Waals surface area contributed by atoms with Crippen LogP contribution in [0.5, 0.6) is 5.75 Å². The van der Waals surface area contributed by atoms with Crippen LogP contribution in [0, 0.1) is 0 Å². The molecule has 0 amide bonds. The maximum absolute atomic E-state index is 10.00. The van der Waals surface area contributed by atoms with Crippen molar-refractivity contribution >= 4 is 28.3 Å². The van der Waals surface area contributed by atoms with Crippen LogP contribution in [-0.2, 0) is 4.84 Å². The van der Waals surface area contributed by atoms with Gasteiger partial charge in [-0.15, -0.1) is 0 Å². The zero-order valence-corrected chi connectivity index (χ0v) is 12.6. The molecule has 22 heavy (non-hydrogen) atoms. The lowest BCUT2D eigenvalue weighted by Crippen LogP contribution is -2.05. The molecule has 3 aromatic rings. The number of fused-ring (bicyclic) bond motifs is 1. The number of aromatic nitrogens is 2. The van der Waals surface area contributed by atoms with Gasteiger partial charge in [0.25, 0.3) is 0 Å². The van der Waals surface area contributed by atoms with Gasteiger partial charge in [0.1, 0.15) is 5.75 Å². The third kappa shape index (κ3) is 2.81. The van der Waals surface area contributed by atoms with E-state index < -0.39 is 0 Å². The zero-order chi connectivity index (χ0) is 15.5. The lowest BCUT2D eigenvalue weighted by molar-refractivity contribution is 0.209. The summed E-state index contributed by atoms with van der Waals surface area (Å²) in [5.41, 5.74) is 4.03. The van der Waals surface area contributed by atoms with Crippen molar-refractivity contribution in [1.29, 1.82) is 0 Å². The summed E-state index contributed by atoms with van der Waals surface area (Å²) in [4.78, 5) is 14.2. The standard InChI is InChI=1S/C16H14ClN3O2/c1-2-22-20-16-11-8-7-10(17)9-13(11)18-15(19-16)12-5-3-4-6-14(12)21/h3-9,21H,2H2,1H3,(H,18,19,20). The number of hydrogen-bond acceptors (Lipinski definition) is 5. The lowest BCUT2D eigenvalue weighted by Gasteiger charge is -2.11. The van der Waals surface area contributed by atoms with Gasteiger partial charge in [-0.1, -0.05) is 23.7 Å². The molecule has 3 rings (SSSR count). The highest BCUT2D eigenvalue weighted by molar-refractivity contribution is 6.31. The number of halogens is 1. The molecule has 0 radical (unpaired) electrons. The van der Waals surface area contributed by atoms with E-state index in [1.165, 1.54) is 0 Å². The van der Waals surface area contributed by atoms with Crippen LogP contribution in [0.15, 0.2) is 42.5 Å². The van der Waals surface area contributed by atoms with Gasteiger partial charge in [0.05, 0.1) is 17.7 Å². The first-order chi connectivity index (χ1) is 10.7. The summed E-state index contributed by atoms with van der Waals surface area (Å²) in [6.07, 6.45) is 0. The van der Waals surface area contributed by atoms with Crippen molar-refractivity contribution in [2.24, 2.45) is 0 Å². The third-order valence-corrected chi connectivity index (χ3v) is 3.35. The van der Waals surface area contributed by atoms with Gasteiger partial charge < -0.3 is 5.11 Å². The fourth-order valence-electron chi connectivity index (χ4n) is 2.10. The minimum absolute atomic E-state index is 0.117. The third-order valence-electron chi connectivity index (χ3n) is 3.12. The second-order valence-electron chi connectivity index (χ2n) is 4.61. The number of anilines is 1. The molecule has 0 unspecified atom stereocenters. The van der Waals surface area contributed by atoms with Crippen LogP contribution in [0.4, 0.5) is 5.82 Å². The fraction of sp³-hybridized carbons (Fsp3) is 0.125. The Morgan fingerprint density at radius 1 is 1.18 bits per heavy atom. The van der Waals surface area contributed by atoms with E-state index >= 15 is 0 Å². The van der Waals surface area contributed by atoms with Crippen molar-refractivity contribution in [2.45, 2.75) is 6.92 Å². The van der Waals surface area contributed by atoms with Crippen LogP contribution in [0.3, 0.4) is 0 Å². The average molecular weight is 316 g/mol. The largest absolute Gasteiger partial charge is 0.507 e. The summed E-state index contributed by atoms with van der Waals surface area (Å²) in [6, 6.07) is 12.3. The second-order valence-corrected chi connectivity index (χ2v) is 5.05. The molecule has 0 aliphatic heterocycles. The SMILES string of the molecule is CCONc1nc(-c2ccccc2O)nc2cc(Cl)ccc12. The van der Waals surface area contributed by atoms with Crippen LogP contribution < -0.4 is 5.48 Å². The highest BCUT2D eigenvalue weighted by atomic mass is 35.5. The van der Waals surface area contributed by atoms with E-state index in [2.05, 4.69) is 15.4 Å². The quantitative estimate of drug-likeness (QED) is 0.712. The zero-order valence-electron chi connectivity index (χ0n) is 11.9. The Morgan fingerprint density at radius 3 is 2.77 bits per heavy atom. The van der Waals surface area contributed by atoms with Gasteiger partial charge in [-0.3, -0.25) is 4.84 Å². The molecule has 112 valence electrons.